The Bertz CT molecular complexity index is 517. The van der Waals surface area contributed by atoms with E-state index in [0.717, 1.165) is 16.5 Å². The molecule has 2 rings (SSSR count). The molecule has 1 heterocycles. The molecule has 0 radical (unpaired) electrons. The van der Waals surface area contributed by atoms with Crippen LogP contribution in [0.2, 0.25) is 0 Å². The minimum absolute atomic E-state index is 0.0976. The Morgan fingerprint density at radius 1 is 1.47 bits per heavy atom. The van der Waals surface area contributed by atoms with Gasteiger partial charge in [0.15, 0.2) is 6.33 Å². The van der Waals surface area contributed by atoms with Crippen molar-refractivity contribution in [3.63, 3.8) is 0 Å². The molecule has 0 aliphatic rings. The van der Waals surface area contributed by atoms with E-state index in [2.05, 4.69) is 38.3 Å². The summed E-state index contributed by atoms with van der Waals surface area (Å²) in [6.07, 6.45) is 2.95. The van der Waals surface area contributed by atoms with Gasteiger partial charge in [0, 0.05) is 29.0 Å². The van der Waals surface area contributed by atoms with Crippen molar-refractivity contribution in [3.05, 3.63) is 40.5 Å². The zero-order chi connectivity index (χ0) is 13.7. The smallest absolute Gasteiger partial charge is 0.227 e. The molecule has 0 saturated heterocycles. The Balaban J connectivity index is 1.97. The van der Waals surface area contributed by atoms with Crippen LogP contribution in [0.4, 0.5) is 0 Å². The van der Waals surface area contributed by atoms with Gasteiger partial charge >= 0.3 is 0 Å². The number of phenols is 1. The van der Waals surface area contributed by atoms with E-state index < -0.39 is 0 Å². The van der Waals surface area contributed by atoms with Crippen LogP contribution in [0.1, 0.15) is 30.8 Å². The predicted molar refractivity (Wildman–Crippen MR) is 74.8 cm³/mol. The summed E-state index contributed by atoms with van der Waals surface area (Å²) in [5.41, 5.74) is 0.891. The Hall–Kier alpha value is -1.40. The van der Waals surface area contributed by atoms with Crippen molar-refractivity contribution in [1.29, 1.82) is 0 Å². The van der Waals surface area contributed by atoms with Crippen LogP contribution in [-0.4, -0.2) is 21.8 Å². The maximum absolute atomic E-state index is 9.92. The van der Waals surface area contributed by atoms with Crippen molar-refractivity contribution in [2.45, 2.75) is 25.8 Å². The predicted octanol–water partition coefficient (Wildman–Crippen LogP) is 2.82. The maximum atomic E-state index is 9.92. The van der Waals surface area contributed by atoms with Gasteiger partial charge in [0.25, 0.3) is 0 Å². The number of rotatable bonds is 6. The fourth-order valence-electron chi connectivity index (χ4n) is 1.94. The van der Waals surface area contributed by atoms with Gasteiger partial charge in [-0.1, -0.05) is 28.0 Å². The monoisotopic (exact) mass is 325 g/mol. The third-order valence-electron chi connectivity index (χ3n) is 2.91. The number of nitrogens with zero attached hydrogens (tertiary/aromatic N) is 2. The SMILES string of the molecule is CCC(NCCc1ncno1)c1cc(Br)ccc1O. The molecule has 1 aromatic heterocycles. The topological polar surface area (TPSA) is 71.2 Å². The second kappa shape index (κ2) is 6.68. The average Bonchev–Trinajstić information content (AvgIpc) is 2.91. The van der Waals surface area contributed by atoms with Crippen LogP contribution in [0.5, 0.6) is 5.75 Å². The zero-order valence-electron chi connectivity index (χ0n) is 10.6. The van der Waals surface area contributed by atoms with Gasteiger partial charge in [0.1, 0.15) is 5.75 Å². The first-order valence-electron chi connectivity index (χ1n) is 6.18. The van der Waals surface area contributed by atoms with E-state index in [4.69, 9.17) is 4.52 Å². The third kappa shape index (κ3) is 3.78. The lowest BCUT2D eigenvalue weighted by molar-refractivity contribution is 0.369. The number of hydrogen-bond donors (Lipinski definition) is 2. The summed E-state index contributed by atoms with van der Waals surface area (Å²) in [6, 6.07) is 5.55. The summed E-state index contributed by atoms with van der Waals surface area (Å²) in [4.78, 5) is 3.97. The number of hydrogen-bond acceptors (Lipinski definition) is 5. The Morgan fingerprint density at radius 2 is 2.32 bits per heavy atom. The Kier molecular flexibility index (Phi) is 4.93. The molecule has 2 N–H and O–H groups in total. The first kappa shape index (κ1) is 14.0. The normalized spacial score (nSPS) is 12.5. The molecule has 2 aromatic rings. The number of nitrogens with one attached hydrogen (secondary N) is 1. The molecule has 0 spiro atoms. The zero-order valence-corrected chi connectivity index (χ0v) is 12.2. The van der Waals surface area contributed by atoms with E-state index in [9.17, 15) is 5.11 Å². The lowest BCUT2D eigenvalue weighted by Gasteiger charge is -2.18. The first-order chi connectivity index (χ1) is 9.20. The maximum Gasteiger partial charge on any atom is 0.227 e. The molecule has 0 fully saturated rings. The molecule has 6 heteroatoms. The highest BCUT2D eigenvalue weighted by Crippen LogP contribution is 2.29. The van der Waals surface area contributed by atoms with Crippen molar-refractivity contribution < 1.29 is 9.63 Å². The van der Waals surface area contributed by atoms with Crippen molar-refractivity contribution >= 4 is 15.9 Å². The van der Waals surface area contributed by atoms with Crippen molar-refractivity contribution in [1.82, 2.24) is 15.5 Å². The number of benzene rings is 1. The van der Waals surface area contributed by atoms with Gasteiger partial charge in [-0.3, -0.25) is 0 Å². The minimum Gasteiger partial charge on any atom is -0.508 e. The van der Waals surface area contributed by atoms with E-state index in [1.807, 2.05) is 12.1 Å². The van der Waals surface area contributed by atoms with Gasteiger partial charge in [-0.2, -0.15) is 4.98 Å². The summed E-state index contributed by atoms with van der Waals surface area (Å²) < 4.78 is 5.90. The molecule has 0 aliphatic carbocycles. The van der Waals surface area contributed by atoms with Crippen molar-refractivity contribution in [2.24, 2.45) is 0 Å². The third-order valence-corrected chi connectivity index (χ3v) is 3.40. The average molecular weight is 326 g/mol. The quantitative estimate of drug-likeness (QED) is 0.854. The van der Waals surface area contributed by atoms with Gasteiger partial charge in [-0.25, -0.2) is 0 Å². The second-order valence-electron chi connectivity index (χ2n) is 4.20. The van der Waals surface area contributed by atoms with Crippen LogP contribution < -0.4 is 5.32 Å². The molecule has 19 heavy (non-hydrogen) atoms. The molecule has 1 unspecified atom stereocenters. The Labute approximate surface area is 120 Å². The second-order valence-corrected chi connectivity index (χ2v) is 5.12. The van der Waals surface area contributed by atoms with Gasteiger partial charge < -0.3 is 14.9 Å². The van der Waals surface area contributed by atoms with E-state index >= 15 is 0 Å². The highest BCUT2D eigenvalue weighted by atomic mass is 79.9. The molecule has 0 aliphatic heterocycles. The summed E-state index contributed by atoms with van der Waals surface area (Å²) in [5.74, 6) is 0.918. The lowest BCUT2D eigenvalue weighted by atomic mass is 10.0. The largest absolute Gasteiger partial charge is 0.508 e. The van der Waals surface area contributed by atoms with E-state index in [1.54, 1.807) is 6.07 Å². The van der Waals surface area contributed by atoms with Crippen LogP contribution in [0.3, 0.4) is 0 Å². The van der Waals surface area contributed by atoms with Gasteiger partial charge in [0.05, 0.1) is 0 Å². The minimum atomic E-state index is 0.0976. The van der Waals surface area contributed by atoms with Gasteiger partial charge in [-0.15, -0.1) is 0 Å². The number of halogens is 1. The van der Waals surface area contributed by atoms with E-state index in [-0.39, 0.29) is 6.04 Å². The molecule has 0 saturated carbocycles. The molecule has 0 bridgehead atoms. The summed E-state index contributed by atoms with van der Waals surface area (Å²) in [6.45, 7) is 2.79. The number of phenolic OH excluding ortho intramolecular Hbond substituents is 1. The van der Waals surface area contributed by atoms with Crippen LogP contribution in [0, 0.1) is 0 Å². The van der Waals surface area contributed by atoms with Crippen molar-refractivity contribution in [3.8, 4) is 5.75 Å². The summed E-state index contributed by atoms with van der Waals surface area (Å²) >= 11 is 3.42. The molecular formula is C13H16BrN3O2. The van der Waals surface area contributed by atoms with Crippen LogP contribution >= 0.6 is 15.9 Å². The fraction of sp³-hybridized carbons (Fsp3) is 0.385. The molecular weight excluding hydrogens is 310 g/mol. The van der Waals surface area contributed by atoms with E-state index in [0.29, 0.717) is 24.6 Å². The summed E-state index contributed by atoms with van der Waals surface area (Å²) in [5, 5.41) is 16.9. The van der Waals surface area contributed by atoms with Crippen molar-refractivity contribution in [2.75, 3.05) is 6.54 Å². The van der Waals surface area contributed by atoms with Crippen LogP contribution in [0.15, 0.2) is 33.5 Å². The standard InChI is InChI=1S/C13H16BrN3O2/c1-2-11(10-7-9(14)3-4-12(10)18)15-6-5-13-16-8-17-19-13/h3-4,7-8,11,15,18H,2,5-6H2,1H3. The number of aromatic nitrogens is 2. The first-order valence-corrected chi connectivity index (χ1v) is 6.97. The number of aromatic hydroxyl groups is 1. The van der Waals surface area contributed by atoms with Gasteiger partial charge in [-0.05, 0) is 24.6 Å². The highest BCUT2D eigenvalue weighted by molar-refractivity contribution is 9.10. The van der Waals surface area contributed by atoms with Crippen LogP contribution in [0.25, 0.3) is 0 Å². The van der Waals surface area contributed by atoms with Crippen LogP contribution in [-0.2, 0) is 6.42 Å². The molecule has 102 valence electrons. The summed E-state index contributed by atoms with van der Waals surface area (Å²) in [7, 11) is 0. The Morgan fingerprint density at radius 3 is 3.00 bits per heavy atom. The molecule has 5 nitrogen and oxygen atoms in total. The van der Waals surface area contributed by atoms with E-state index in [1.165, 1.54) is 6.33 Å². The van der Waals surface area contributed by atoms with Gasteiger partial charge in [0.2, 0.25) is 5.89 Å². The molecule has 0 amide bonds. The highest BCUT2D eigenvalue weighted by Gasteiger charge is 2.13. The fourth-order valence-corrected chi connectivity index (χ4v) is 2.32. The lowest BCUT2D eigenvalue weighted by Crippen LogP contribution is -2.23. The molecule has 1 atom stereocenters. The molecule has 1 aromatic carbocycles.